The molecule has 0 saturated carbocycles. The summed E-state index contributed by atoms with van der Waals surface area (Å²) in [7, 11) is -9.73. The monoisotopic (exact) mass is 412 g/mol. The van der Waals surface area contributed by atoms with Crippen LogP contribution in [0.4, 0.5) is 29.9 Å². The first-order valence-electron chi connectivity index (χ1n) is 8.02. The number of carbonyl (C=O) groups excluding carboxylic acids is 1. The molecule has 1 saturated heterocycles. The van der Waals surface area contributed by atoms with Crippen LogP contribution in [0.5, 0.6) is 0 Å². The van der Waals surface area contributed by atoms with Crippen LogP contribution in [0, 0.1) is 6.92 Å². The molecule has 150 valence electrons. The summed E-state index contributed by atoms with van der Waals surface area (Å²) < 4.78 is 68.7. The van der Waals surface area contributed by atoms with Gasteiger partial charge in [0.15, 0.2) is 5.82 Å². The number of amides is 2. The second-order valence-corrected chi connectivity index (χ2v) is 8.80. The van der Waals surface area contributed by atoms with Crippen molar-refractivity contribution < 1.29 is 28.7 Å². The van der Waals surface area contributed by atoms with Gasteiger partial charge in [0, 0.05) is 18.8 Å². The van der Waals surface area contributed by atoms with Gasteiger partial charge in [0.2, 0.25) is 5.89 Å². The maximum absolute atomic E-state index is 12.7. The van der Waals surface area contributed by atoms with Crippen LogP contribution in [0.25, 0.3) is 0 Å². The second kappa shape index (κ2) is 5.81. The molecule has 12 heteroatoms. The van der Waals surface area contributed by atoms with Gasteiger partial charge in [-0.15, -0.1) is 0 Å². The molecule has 27 heavy (non-hydrogen) atoms. The molecule has 1 aliphatic rings. The van der Waals surface area contributed by atoms with E-state index in [9.17, 15) is 24.2 Å². The highest BCUT2D eigenvalue weighted by Crippen LogP contribution is 3.02. The van der Waals surface area contributed by atoms with Crippen molar-refractivity contribution in [2.75, 3.05) is 18.4 Å². The number of hydrogen-bond donors (Lipinski definition) is 1. The zero-order chi connectivity index (χ0) is 19.9. The van der Waals surface area contributed by atoms with E-state index in [1.807, 2.05) is 0 Å². The quantitative estimate of drug-likeness (QED) is 0.681. The minimum Gasteiger partial charge on any atom is -0.339 e. The van der Waals surface area contributed by atoms with E-state index in [0.717, 1.165) is 18.6 Å². The first-order valence-corrected chi connectivity index (χ1v) is 9.97. The van der Waals surface area contributed by atoms with Gasteiger partial charge in [-0.05, 0) is 44.0 Å². The third-order valence-electron chi connectivity index (χ3n) is 4.15. The second-order valence-electron chi connectivity index (χ2n) is 6.39. The number of aryl methyl sites for hydroxylation is 1. The lowest BCUT2D eigenvalue weighted by Gasteiger charge is -2.40. The summed E-state index contributed by atoms with van der Waals surface area (Å²) in [5.41, 5.74) is -0.0126. The Hall–Kier alpha value is -2.37. The number of nitrogens with zero attached hydrogens (tertiary/aromatic N) is 3. The van der Waals surface area contributed by atoms with Gasteiger partial charge in [0.1, 0.15) is 4.90 Å². The third-order valence-corrected chi connectivity index (χ3v) is 5.32. The number of nitrogens with one attached hydrogen (secondary N) is 1. The normalized spacial score (nSPS) is 20.7. The SMILES string of the molecule is Cc1noc([C@H]2CCCN(C(=O)Nc3ccc(S(F)(F)(F)(F)F)cc3)C2)n1. The Kier molecular flexibility index (Phi) is 4.17. The van der Waals surface area contributed by atoms with E-state index in [-0.39, 0.29) is 23.7 Å². The minimum atomic E-state index is -9.73. The fourth-order valence-electron chi connectivity index (χ4n) is 2.84. The van der Waals surface area contributed by atoms with Gasteiger partial charge in [-0.1, -0.05) is 24.6 Å². The van der Waals surface area contributed by atoms with Crippen molar-refractivity contribution in [2.45, 2.75) is 30.6 Å². The maximum Gasteiger partial charge on any atom is 0.321 e. The van der Waals surface area contributed by atoms with Crippen molar-refractivity contribution in [2.24, 2.45) is 0 Å². The molecule has 0 radical (unpaired) electrons. The lowest BCUT2D eigenvalue weighted by molar-refractivity contribution is 0.184. The van der Waals surface area contributed by atoms with Crippen molar-refractivity contribution in [3.63, 3.8) is 0 Å². The number of piperidine rings is 1. The summed E-state index contributed by atoms with van der Waals surface area (Å²) in [5.74, 6) is 0.766. The molecule has 0 unspecified atom stereocenters. The summed E-state index contributed by atoms with van der Waals surface area (Å²) in [6.45, 7) is 2.42. The molecule has 1 N–H and O–H groups in total. The average molecular weight is 412 g/mol. The Bertz CT molecular complexity index is 854. The van der Waals surface area contributed by atoms with E-state index in [0.29, 0.717) is 31.2 Å². The highest BCUT2D eigenvalue weighted by molar-refractivity contribution is 8.45. The molecule has 1 aliphatic heterocycles. The zero-order valence-electron chi connectivity index (χ0n) is 14.2. The molecule has 0 spiro atoms. The Morgan fingerprint density at radius 2 is 1.89 bits per heavy atom. The van der Waals surface area contributed by atoms with Crippen LogP contribution < -0.4 is 5.32 Å². The number of anilines is 1. The molecular formula is C15H17F5N4O2S. The summed E-state index contributed by atoms with van der Waals surface area (Å²) >= 11 is 0. The van der Waals surface area contributed by atoms with Gasteiger partial charge in [0.25, 0.3) is 0 Å². The smallest absolute Gasteiger partial charge is 0.321 e. The molecule has 3 rings (SSSR count). The number of likely N-dealkylation sites (tertiary alicyclic amines) is 1. The number of rotatable bonds is 3. The predicted octanol–water partition coefficient (Wildman–Crippen LogP) is 5.45. The van der Waals surface area contributed by atoms with Gasteiger partial charge in [-0.25, -0.2) is 4.79 Å². The Labute approximate surface area is 151 Å². The molecule has 6 nitrogen and oxygen atoms in total. The van der Waals surface area contributed by atoms with Crippen molar-refractivity contribution >= 4 is 21.9 Å². The molecule has 1 aromatic carbocycles. The van der Waals surface area contributed by atoms with Crippen LogP contribution in [0.1, 0.15) is 30.5 Å². The summed E-state index contributed by atoms with van der Waals surface area (Å²) in [4.78, 5) is 16.0. The zero-order valence-corrected chi connectivity index (χ0v) is 15.0. The van der Waals surface area contributed by atoms with E-state index in [1.165, 1.54) is 4.90 Å². The van der Waals surface area contributed by atoms with Gasteiger partial charge >= 0.3 is 16.3 Å². The molecule has 0 aliphatic carbocycles. The molecule has 2 aromatic rings. The Morgan fingerprint density at radius 3 is 2.44 bits per heavy atom. The van der Waals surface area contributed by atoms with Crippen molar-refractivity contribution in [1.82, 2.24) is 15.0 Å². The fraction of sp³-hybridized carbons (Fsp3) is 0.400. The Morgan fingerprint density at radius 1 is 1.22 bits per heavy atom. The largest absolute Gasteiger partial charge is 0.339 e. The number of aromatic nitrogens is 2. The summed E-state index contributed by atoms with van der Waals surface area (Å²) in [5, 5.41) is 6.13. The van der Waals surface area contributed by atoms with Gasteiger partial charge in [0.05, 0.1) is 5.92 Å². The topological polar surface area (TPSA) is 71.3 Å². The van der Waals surface area contributed by atoms with Crippen molar-refractivity contribution in [1.29, 1.82) is 0 Å². The van der Waals surface area contributed by atoms with E-state index in [2.05, 4.69) is 15.5 Å². The van der Waals surface area contributed by atoms with Crippen LogP contribution in [0.3, 0.4) is 0 Å². The van der Waals surface area contributed by atoms with Crippen molar-refractivity contribution in [3.8, 4) is 0 Å². The molecule has 2 heterocycles. The first kappa shape index (κ1) is 19.4. The standard InChI is InChI=1S/C15H17F5N4O2S/c1-10-21-14(26-23-10)11-3-2-8-24(9-11)15(25)22-12-4-6-13(7-5-12)27(16,17,18,19)20/h4-7,11H,2-3,8-9H2,1H3,(H,22,25)/t11-/m0/s1. The predicted molar refractivity (Wildman–Crippen MR) is 89.4 cm³/mol. The first-order chi connectivity index (χ1) is 12.3. The lowest BCUT2D eigenvalue weighted by Crippen LogP contribution is -2.41. The van der Waals surface area contributed by atoms with Gasteiger partial charge < -0.3 is 14.7 Å². The van der Waals surface area contributed by atoms with Crippen molar-refractivity contribution in [3.05, 3.63) is 36.0 Å². The molecule has 1 aromatic heterocycles. The van der Waals surface area contributed by atoms with Gasteiger partial charge in [-0.3, -0.25) is 0 Å². The van der Waals surface area contributed by atoms with E-state index in [1.54, 1.807) is 6.92 Å². The number of carbonyl (C=O) groups is 1. The molecule has 0 bridgehead atoms. The molecule has 1 fully saturated rings. The lowest BCUT2D eigenvalue weighted by atomic mass is 9.98. The van der Waals surface area contributed by atoms with Gasteiger partial charge in [-0.2, -0.15) is 4.98 Å². The van der Waals surface area contributed by atoms with Crippen LogP contribution in [-0.2, 0) is 0 Å². The van der Waals surface area contributed by atoms with E-state index in [4.69, 9.17) is 4.52 Å². The number of halogens is 5. The van der Waals surface area contributed by atoms with Crippen LogP contribution in [-0.4, -0.2) is 34.2 Å². The average Bonchev–Trinajstić information content (AvgIpc) is 3.00. The highest BCUT2D eigenvalue weighted by atomic mass is 32.5. The van der Waals surface area contributed by atoms with Crippen LogP contribution >= 0.6 is 10.2 Å². The maximum atomic E-state index is 12.7. The Balaban J connectivity index is 1.67. The van der Waals surface area contributed by atoms with Crippen LogP contribution in [0.15, 0.2) is 33.7 Å². The van der Waals surface area contributed by atoms with Crippen LogP contribution in [0.2, 0.25) is 0 Å². The molecular weight excluding hydrogens is 395 g/mol. The molecule has 2 amide bonds. The minimum absolute atomic E-state index is 0.0126. The highest BCUT2D eigenvalue weighted by Gasteiger charge is 2.65. The number of benzene rings is 1. The summed E-state index contributed by atoms with van der Waals surface area (Å²) in [6, 6.07) is 1.58. The summed E-state index contributed by atoms with van der Waals surface area (Å²) in [6.07, 6.45) is 1.44. The van der Waals surface area contributed by atoms with E-state index < -0.39 is 21.2 Å². The molecule has 1 atom stereocenters. The number of hydrogen-bond acceptors (Lipinski definition) is 4. The fourth-order valence-corrected chi connectivity index (χ4v) is 3.49. The van der Waals surface area contributed by atoms with E-state index >= 15 is 0 Å². The third kappa shape index (κ3) is 4.67. The number of urea groups is 1.